The molecule has 0 aliphatic heterocycles. The van der Waals surface area contributed by atoms with E-state index in [0.29, 0.717) is 28.9 Å². The molecule has 114 valence electrons. The van der Waals surface area contributed by atoms with E-state index in [1.54, 1.807) is 20.1 Å². The molecule has 0 aromatic heterocycles. The average Bonchev–Trinajstić information content (AvgIpc) is 2.37. The summed E-state index contributed by atoms with van der Waals surface area (Å²) >= 11 is 3.26. The van der Waals surface area contributed by atoms with Crippen LogP contribution in [0.2, 0.25) is 0 Å². The van der Waals surface area contributed by atoms with Gasteiger partial charge in [-0.3, -0.25) is 0 Å². The molecule has 1 aromatic rings. The van der Waals surface area contributed by atoms with Crippen molar-refractivity contribution < 1.29 is 17.9 Å². The highest BCUT2D eigenvalue weighted by molar-refractivity contribution is 9.10. The topological polar surface area (TPSA) is 90.6 Å². The Morgan fingerprint density at radius 1 is 1.30 bits per heavy atom. The van der Waals surface area contributed by atoms with Crippen LogP contribution in [-0.2, 0) is 19.5 Å². The van der Waals surface area contributed by atoms with Gasteiger partial charge in [-0.25, -0.2) is 13.1 Å². The van der Waals surface area contributed by atoms with Gasteiger partial charge in [0.05, 0.1) is 24.7 Å². The number of ether oxygens (including phenoxy) is 2. The number of hydrogen-bond acceptors (Lipinski definition) is 5. The summed E-state index contributed by atoms with van der Waals surface area (Å²) in [5.74, 6) is 0. The summed E-state index contributed by atoms with van der Waals surface area (Å²) in [7, 11) is -2.01. The molecule has 0 fully saturated rings. The Morgan fingerprint density at radius 2 is 2.00 bits per heavy atom. The van der Waals surface area contributed by atoms with Crippen molar-refractivity contribution in [2.75, 3.05) is 39.2 Å². The molecule has 0 bridgehead atoms. The number of aryl methyl sites for hydroxylation is 1. The first-order valence-electron chi connectivity index (χ1n) is 6.00. The van der Waals surface area contributed by atoms with E-state index >= 15 is 0 Å². The van der Waals surface area contributed by atoms with Gasteiger partial charge in [-0.2, -0.15) is 0 Å². The Balaban J connectivity index is 2.63. The molecule has 0 saturated carbocycles. The van der Waals surface area contributed by atoms with Crippen LogP contribution < -0.4 is 10.5 Å². The quantitative estimate of drug-likeness (QED) is 0.534. The van der Waals surface area contributed by atoms with E-state index in [1.165, 1.54) is 6.07 Å². The van der Waals surface area contributed by atoms with Crippen molar-refractivity contribution in [1.82, 2.24) is 4.72 Å². The number of nitrogen functional groups attached to an aromatic ring is 1. The van der Waals surface area contributed by atoms with Crippen LogP contribution in [0.3, 0.4) is 0 Å². The zero-order valence-electron chi connectivity index (χ0n) is 11.5. The average molecular weight is 367 g/mol. The number of hydrogen-bond donors (Lipinski definition) is 2. The number of rotatable bonds is 8. The third-order valence-electron chi connectivity index (χ3n) is 2.55. The molecule has 20 heavy (non-hydrogen) atoms. The van der Waals surface area contributed by atoms with Crippen LogP contribution in [-0.4, -0.2) is 41.9 Å². The second-order valence-electron chi connectivity index (χ2n) is 4.14. The van der Waals surface area contributed by atoms with Gasteiger partial charge in [-0.15, -0.1) is 0 Å². The maximum atomic E-state index is 12.1. The molecule has 0 aliphatic carbocycles. The van der Waals surface area contributed by atoms with Crippen molar-refractivity contribution in [2.45, 2.75) is 11.8 Å². The molecule has 1 aromatic carbocycles. The Bertz CT molecular complexity index is 549. The minimum atomic E-state index is -3.59. The van der Waals surface area contributed by atoms with Gasteiger partial charge < -0.3 is 15.2 Å². The monoisotopic (exact) mass is 366 g/mol. The van der Waals surface area contributed by atoms with Crippen molar-refractivity contribution in [1.29, 1.82) is 0 Å². The van der Waals surface area contributed by atoms with Crippen LogP contribution >= 0.6 is 15.9 Å². The lowest BCUT2D eigenvalue weighted by molar-refractivity contribution is 0.0736. The Labute approximate surface area is 127 Å². The molecule has 3 N–H and O–H groups in total. The first-order chi connectivity index (χ1) is 9.38. The van der Waals surface area contributed by atoms with Gasteiger partial charge in [0.1, 0.15) is 0 Å². The number of anilines is 1. The Hall–Kier alpha value is -0.670. The first kappa shape index (κ1) is 17.4. The first-order valence-corrected chi connectivity index (χ1v) is 8.28. The fourth-order valence-corrected chi connectivity index (χ4v) is 3.26. The summed E-state index contributed by atoms with van der Waals surface area (Å²) in [5.41, 5.74) is 6.72. The zero-order valence-corrected chi connectivity index (χ0v) is 13.9. The lowest BCUT2D eigenvalue weighted by Gasteiger charge is -2.11. The summed E-state index contributed by atoms with van der Waals surface area (Å²) in [4.78, 5) is 0.176. The highest BCUT2D eigenvalue weighted by Gasteiger charge is 2.17. The predicted octanol–water partition coefficient (Wildman–Crippen LogP) is 1.28. The van der Waals surface area contributed by atoms with Crippen molar-refractivity contribution >= 4 is 31.6 Å². The van der Waals surface area contributed by atoms with Crippen LogP contribution in [0.5, 0.6) is 0 Å². The number of nitrogens with one attached hydrogen (secondary N) is 1. The van der Waals surface area contributed by atoms with Crippen molar-refractivity contribution in [3.63, 3.8) is 0 Å². The van der Waals surface area contributed by atoms with E-state index in [0.717, 1.165) is 0 Å². The number of nitrogens with two attached hydrogens (primary N) is 1. The molecule has 0 aliphatic rings. The van der Waals surface area contributed by atoms with Gasteiger partial charge >= 0.3 is 0 Å². The lowest BCUT2D eigenvalue weighted by atomic mass is 10.2. The van der Waals surface area contributed by atoms with Gasteiger partial charge in [0.15, 0.2) is 0 Å². The number of sulfonamides is 1. The van der Waals surface area contributed by atoms with Gasteiger partial charge in [0.2, 0.25) is 10.0 Å². The summed E-state index contributed by atoms with van der Waals surface area (Å²) in [6.07, 6.45) is 0. The third-order valence-corrected chi connectivity index (χ3v) is 4.84. The van der Waals surface area contributed by atoms with Gasteiger partial charge in [0, 0.05) is 23.8 Å². The molecule has 6 nitrogen and oxygen atoms in total. The van der Waals surface area contributed by atoms with Gasteiger partial charge in [-0.05, 0) is 40.5 Å². The normalized spacial score (nSPS) is 11.8. The molecule has 0 atom stereocenters. The van der Waals surface area contributed by atoms with Crippen LogP contribution in [0.1, 0.15) is 5.56 Å². The van der Waals surface area contributed by atoms with Crippen LogP contribution in [0.4, 0.5) is 5.69 Å². The number of methoxy groups -OCH3 is 1. The smallest absolute Gasteiger partial charge is 0.240 e. The van der Waals surface area contributed by atoms with E-state index < -0.39 is 10.0 Å². The molecule has 8 heteroatoms. The molecule has 0 heterocycles. The van der Waals surface area contributed by atoms with Crippen LogP contribution in [0.15, 0.2) is 21.5 Å². The van der Waals surface area contributed by atoms with Crippen LogP contribution in [0, 0.1) is 6.92 Å². The summed E-state index contributed by atoms with van der Waals surface area (Å²) < 4.78 is 37.5. The third kappa shape index (κ3) is 5.02. The van der Waals surface area contributed by atoms with Gasteiger partial charge in [-0.1, -0.05) is 0 Å². The van der Waals surface area contributed by atoms with E-state index in [2.05, 4.69) is 20.7 Å². The Morgan fingerprint density at radius 3 is 2.65 bits per heavy atom. The second kappa shape index (κ2) is 7.94. The largest absolute Gasteiger partial charge is 0.398 e. The molecule has 0 spiro atoms. The van der Waals surface area contributed by atoms with E-state index in [9.17, 15) is 8.42 Å². The van der Waals surface area contributed by atoms with E-state index in [-0.39, 0.29) is 18.0 Å². The Kier molecular flexibility index (Phi) is 6.90. The fraction of sp³-hybridized carbons (Fsp3) is 0.500. The van der Waals surface area contributed by atoms with E-state index in [4.69, 9.17) is 15.2 Å². The number of halogens is 1. The zero-order chi connectivity index (χ0) is 15.2. The molecule has 1 rings (SSSR count). The molecule has 0 amide bonds. The molecule has 0 radical (unpaired) electrons. The fourth-order valence-electron chi connectivity index (χ4n) is 1.53. The SMILES string of the molecule is COCCOCCNS(=O)(=O)c1cc(N)c(Br)cc1C. The summed E-state index contributed by atoms with van der Waals surface area (Å²) in [6.45, 7) is 3.11. The van der Waals surface area contributed by atoms with E-state index in [1.807, 2.05) is 0 Å². The minimum absolute atomic E-state index is 0.176. The molecule has 0 unspecified atom stereocenters. The molecular formula is C12H19BrN2O4S. The summed E-state index contributed by atoms with van der Waals surface area (Å²) in [5, 5.41) is 0. The summed E-state index contributed by atoms with van der Waals surface area (Å²) in [6, 6.07) is 3.12. The minimum Gasteiger partial charge on any atom is -0.398 e. The van der Waals surface area contributed by atoms with Crippen molar-refractivity contribution in [3.05, 3.63) is 22.2 Å². The molecule has 0 saturated heterocycles. The highest BCUT2D eigenvalue weighted by Crippen LogP contribution is 2.26. The van der Waals surface area contributed by atoms with Gasteiger partial charge in [0.25, 0.3) is 0 Å². The number of benzene rings is 1. The van der Waals surface area contributed by atoms with Crippen LogP contribution in [0.25, 0.3) is 0 Å². The van der Waals surface area contributed by atoms with Crippen molar-refractivity contribution in [2.24, 2.45) is 0 Å². The second-order valence-corrected chi connectivity index (χ2v) is 6.73. The standard InChI is InChI=1S/C12H19BrN2O4S/c1-9-7-10(13)11(14)8-12(9)20(16,17)15-3-4-19-6-5-18-2/h7-8,15H,3-6,14H2,1-2H3. The highest BCUT2D eigenvalue weighted by atomic mass is 79.9. The molecular weight excluding hydrogens is 348 g/mol. The predicted molar refractivity (Wildman–Crippen MR) is 81.2 cm³/mol. The lowest BCUT2D eigenvalue weighted by Crippen LogP contribution is -2.28. The maximum absolute atomic E-state index is 12.1. The van der Waals surface area contributed by atoms with Crippen molar-refractivity contribution in [3.8, 4) is 0 Å². The maximum Gasteiger partial charge on any atom is 0.240 e.